The predicted molar refractivity (Wildman–Crippen MR) is 151 cm³/mol. The number of amides is 3. The van der Waals surface area contributed by atoms with E-state index in [0.717, 1.165) is 10.0 Å². The minimum Gasteiger partial charge on any atom is -0.497 e. The normalized spacial score (nSPS) is 10.6. The summed E-state index contributed by atoms with van der Waals surface area (Å²) in [4.78, 5) is 36.5. The molecule has 0 atom stereocenters. The standard InChI is InChI=1S/C26H24Br2N4O6/c1-15-10-18(6-9-20(15)27)30-23(33)14-38-24-21(28)11-16(12-22(24)37-3)13-29-32-26(35)25(34)31-17-4-7-19(36-2)8-5-17/h4-13H,14H2,1-3H3,(H,30,33)(H,31,34)(H,32,35)/b29-13-. The zero-order valence-electron chi connectivity index (χ0n) is 20.6. The monoisotopic (exact) mass is 646 g/mol. The molecule has 0 spiro atoms. The third-order valence-corrected chi connectivity index (χ3v) is 6.45. The zero-order chi connectivity index (χ0) is 27.7. The van der Waals surface area contributed by atoms with E-state index in [2.05, 4.69) is 53.0 Å². The predicted octanol–water partition coefficient (Wildman–Crippen LogP) is 4.64. The van der Waals surface area contributed by atoms with Crippen LogP contribution >= 0.6 is 31.9 Å². The molecule has 0 heterocycles. The van der Waals surface area contributed by atoms with Gasteiger partial charge >= 0.3 is 11.8 Å². The molecule has 0 radical (unpaired) electrons. The van der Waals surface area contributed by atoms with Crippen molar-refractivity contribution < 1.29 is 28.6 Å². The lowest BCUT2D eigenvalue weighted by atomic mass is 10.2. The number of nitrogens with one attached hydrogen (secondary N) is 3. The van der Waals surface area contributed by atoms with E-state index in [0.29, 0.717) is 38.7 Å². The third-order valence-electron chi connectivity index (χ3n) is 4.97. The molecule has 3 N–H and O–H groups in total. The van der Waals surface area contributed by atoms with E-state index in [1.165, 1.54) is 20.4 Å². The summed E-state index contributed by atoms with van der Waals surface area (Å²) >= 11 is 6.82. The van der Waals surface area contributed by atoms with E-state index in [4.69, 9.17) is 14.2 Å². The van der Waals surface area contributed by atoms with Crippen molar-refractivity contribution >= 4 is 67.2 Å². The van der Waals surface area contributed by atoms with Crippen molar-refractivity contribution in [1.29, 1.82) is 0 Å². The van der Waals surface area contributed by atoms with E-state index in [1.807, 2.05) is 19.1 Å². The molecular formula is C26H24Br2N4O6. The van der Waals surface area contributed by atoms with E-state index < -0.39 is 11.8 Å². The molecular weight excluding hydrogens is 624 g/mol. The van der Waals surface area contributed by atoms with Crippen LogP contribution in [-0.2, 0) is 14.4 Å². The molecule has 0 fully saturated rings. The minimum absolute atomic E-state index is 0.253. The average Bonchev–Trinajstić information content (AvgIpc) is 2.90. The molecule has 3 aromatic carbocycles. The molecule has 3 aromatic rings. The number of hydrogen-bond donors (Lipinski definition) is 3. The first-order valence-electron chi connectivity index (χ1n) is 11.0. The Kier molecular flexibility index (Phi) is 10.3. The number of ether oxygens (including phenoxy) is 3. The molecule has 38 heavy (non-hydrogen) atoms. The van der Waals surface area contributed by atoms with Crippen molar-refractivity contribution in [2.24, 2.45) is 5.10 Å². The van der Waals surface area contributed by atoms with Gasteiger partial charge in [0.2, 0.25) is 0 Å². The minimum atomic E-state index is -0.949. The maximum Gasteiger partial charge on any atom is 0.329 e. The molecule has 0 bridgehead atoms. The molecule has 0 saturated heterocycles. The van der Waals surface area contributed by atoms with Gasteiger partial charge in [0, 0.05) is 15.8 Å². The number of rotatable bonds is 9. The lowest BCUT2D eigenvalue weighted by Crippen LogP contribution is -2.32. The number of carbonyl (C=O) groups excluding carboxylic acids is 3. The Morgan fingerprint density at radius 3 is 2.24 bits per heavy atom. The Morgan fingerprint density at radius 2 is 1.58 bits per heavy atom. The quantitative estimate of drug-likeness (QED) is 0.176. The number of anilines is 2. The van der Waals surface area contributed by atoms with Crippen LogP contribution in [0.15, 0.2) is 68.6 Å². The number of nitrogens with zero attached hydrogens (tertiary/aromatic N) is 1. The van der Waals surface area contributed by atoms with E-state index in [9.17, 15) is 14.4 Å². The van der Waals surface area contributed by atoms with E-state index in [-0.39, 0.29) is 12.5 Å². The van der Waals surface area contributed by atoms with Gasteiger partial charge in [-0.05, 0) is 88.6 Å². The summed E-state index contributed by atoms with van der Waals surface area (Å²) in [5.41, 5.74) is 4.77. The van der Waals surface area contributed by atoms with Crippen LogP contribution in [0, 0.1) is 6.92 Å². The van der Waals surface area contributed by atoms with Gasteiger partial charge in [-0.15, -0.1) is 0 Å². The van der Waals surface area contributed by atoms with Gasteiger partial charge in [0.05, 0.1) is 24.9 Å². The number of benzene rings is 3. The Labute approximate surface area is 236 Å². The number of hydrogen-bond acceptors (Lipinski definition) is 7. The smallest absolute Gasteiger partial charge is 0.329 e. The molecule has 3 rings (SSSR count). The Balaban J connectivity index is 1.57. The first-order valence-corrected chi connectivity index (χ1v) is 12.6. The Hall–Kier alpha value is -3.90. The summed E-state index contributed by atoms with van der Waals surface area (Å²) in [7, 11) is 2.98. The average molecular weight is 648 g/mol. The number of carbonyl (C=O) groups is 3. The molecule has 0 aliphatic carbocycles. The second kappa shape index (κ2) is 13.6. The maximum absolute atomic E-state index is 12.4. The second-order valence-electron chi connectivity index (χ2n) is 7.72. The van der Waals surface area contributed by atoms with Crippen LogP contribution in [0.25, 0.3) is 0 Å². The lowest BCUT2D eigenvalue weighted by Gasteiger charge is -2.14. The highest BCUT2D eigenvalue weighted by Gasteiger charge is 2.15. The van der Waals surface area contributed by atoms with Crippen LogP contribution in [0.5, 0.6) is 17.2 Å². The summed E-state index contributed by atoms with van der Waals surface area (Å²) in [6.07, 6.45) is 1.33. The molecule has 0 saturated carbocycles. The lowest BCUT2D eigenvalue weighted by molar-refractivity contribution is -0.136. The highest BCUT2D eigenvalue weighted by Crippen LogP contribution is 2.36. The van der Waals surface area contributed by atoms with Crippen LogP contribution in [0.3, 0.4) is 0 Å². The van der Waals surface area contributed by atoms with Crippen LogP contribution in [0.2, 0.25) is 0 Å². The molecule has 3 amide bonds. The van der Waals surface area contributed by atoms with Gasteiger partial charge in [-0.1, -0.05) is 15.9 Å². The van der Waals surface area contributed by atoms with Crippen molar-refractivity contribution in [3.05, 3.63) is 74.7 Å². The number of halogens is 2. The van der Waals surface area contributed by atoms with Gasteiger partial charge in [0.15, 0.2) is 18.1 Å². The number of aryl methyl sites for hydroxylation is 1. The molecule has 198 valence electrons. The van der Waals surface area contributed by atoms with E-state index >= 15 is 0 Å². The van der Waals surface area contributed by atoms with Gasteiger partial charge in [-0.2, -0.15) is 5.10 Å². The van der Waals surface area contributed by atoms with Gasteiger partial charge in [-0.3, -0.25) is 14.4 Å². The highest BCUT2D eigenvalue weighted by atomic mass is 79.9. The molecule has 0 aliphatic heterocycles. The highest BCUT2D eigenvalue weighted by molar-refractivity contribution is 9.10. The fourth-order valence-electron chi connectivity index (χ4n) is 3.09. The number of methoxy groups -OCH3 is 2. The molecule has 0 aliphatic rings. The summed E-state index contributed by atoms with van der Waals surface area (Å²) in [6, 6.07) is 15.2. The largest absolute Gasteiger partial charge is 0.497 e. The van der Waals surface area contributed by atoms with E-state index in [1.54, 1.807) is 42.5 Å². The summed E-state index contributed by atoms with van der Waals surface area (Å²) in [5, 5.41) is 9.06. The molecule has 12 heteroatoms. The van der Waals surface area contributed by atoms with Crippen LogP contribution in [0.1, 0.15) is 11.1 Å². The summed E-state index contributed by atoms with van der Waals surface area (Å²) < 4.78 is 17.6. The maximum atomic E-state index is 12.4. The topological polar surface area (TPSA) is 127 Å². The summed E-state index contributed by atoms with van der Waals surface area (Å²) in [6.45, 7) is 1.67. The van der Waals surface area contributed by atoms with Crippen molar-refractivity contribution in [3.63, 3.8) is 0 Å². The van der Waals surface area contributed by atoms with Crippen LogP contribution in [-0.4, -0.2) is 44.8 Å². The fourth-order valence-corrected chi connectivity index (χ4v) is 3.91. The zero-order valence-corrected chi connectivity index (χ0v) is 23.8. The first-order chi connectivity index (χ1) is 18.2. The fraction of sp³-hybridized carbons (Fsp3) is 0.154. The van der Waals surface area contributed by atoms with Crippen LogP contribution < -0.4 is 30.3 Å². The van der Waals surface area contributed by atoms with Gasteiger partial charge in [-0.25, -0.2) is 5.43 Å². The Morgan fingerprint density at radius 1 is 0.868 bits per heavy atom. The summed E-state index contributed by atoms with van der Waals surface area (Å²) in [5.74, 6) is -0.913. The van der Waals surface area contributed by atoms with Crippen molar-refractivity contribution in [3.8, 4) is 17.2 Å². The van der Waals surface area contributed by atoms with Gasteiger partial charge in [0.1, 0.15) is 5.75 Å². The molecule has 0 unspecified atom stereocenters. The first kappa shape index (κ1) is 28.7. The SMILES string of the molecule is COc1ccc(NC(=O)C(=O)N/N=C\c2cc(Br)c(OCC(=O)Nc3ccc(Br)c(C)c3)c(OC)c2)cc1. The molecule has 0 aromatic heterocycles. The van der Waals surface area contributed by atoms with Gasteiger partial charge in [0.25, 0.3) is 5.91 Å². The molecule has 10 nitrogen and oxygen atoms in total. The van der Waals surface area contributed by atoms with Crippen molar-refractivity contribution in [2.45, 2.75) is 6.92 Å². The van der Waals surface area contributed by atoms with Crippen molar-refractivity contribution in [2.75, 3.05) is 31.5 Å². The third kappa shape index (κ3) is 8.05. The number of hydrazone groups is 1. The van der Waals surface area contributed by atoms with Gasteiger partial charge < -0.3 is 24.8 Å². The Bertz CT molecular complexity index is 1360. The van der Waals surface area contributed by atoms with Crippen LogP contribution in [0.4, 0.5) is 11.4 Å². The second-order valence-corrected chi connectivity index (χ2v) is 9.43. The van der Waals surface area contributed by atoms with Crippen molar-refractivity contribution in [1.82, 2.24) is 5.43 Å².